The van der Waals surface area contributed by atoms with Gasteiger partial charge in [-0.2, -0.15) is 5.10 Å². The van der Waals surface area contributed by atoms with Gasteiger partial charge in [0, 0.05) is 33.7 Å². The maximum Gasteiger partial charge on any atom is 0.277 e. The van der Waals surface area contributed by atoms with Gasteiger partial charge < -0.3 is 9.30 Å². The van der Waals surface area contributed by atoms with Gasteiger partial charge in [0.15, 0.2) is 6.61 Å². The molecule has 0 atom stereocenters. The topological polar surface area (TPSA) is 55.6 Å². The Kier molecular flexibility index (Phi) is 6.34. The third-order valence-corrected chi connectivity index (χ3v) is 5.28. The molecule has 1 heterocycles. The lowest BCUT2D eigenvalue weighted by Gasteiger charge is -2.08. The summed E-state index contributed by atoms with van der Waals surface area (Å²) in [5.74, 6) is 0.236. The van der Waals surface area contributed by atoms with E-state index in [-0.39, 0.29) is 12.5 Å². The second-order valence-electron chi connectivity index (χ2n) is 7.12. The van der Waals surface area contributed by atoms with Crippen molar-refractivity contribution in [1.82, 2.24) is 9.99 Å². The van der Waals surface area contributed by atoms with E-state index in [1.807, 2.05) is 30.3 Å². The van der Waals surface area contributed by atoms with Crippen molar-refractivity contribution in [1.29, 1.82) is 0 Å². The predicted octanol–water partition coefficient (Wildman–Crippen LogP) is 5.18. The fraction of sp³-hybridized carbons (Fsp3) is 0.120. The number of aromatic nitrogens is 1. The molecular weight excluding hydrogens is 410 g/mol. The standard InChI is InChI=1S/C25H22ClN3O2/c1-18-23(15-27-28-25(30)17-31-21-13-11-20(26)12-14-21)22-9-5-6-10-24(22)29(18)16-19-7-3-2-4-8-19/h2-15H,16-17H2,1H3,(H,28,30). The van der Waals surface area contributed by atoms with E-state index in [1.54, 1.807) is 30.5 Å². The average Bonchev–Trinajstić information content (AvgIpc) is 3.05. The smallest absolute Gasteiger partial charge is 0.277 e. The van der Waals surface area contributed by atoms with Crippen molar-refractivity contribution in [3.63, 3.8) is 0 Å². The van der Waals surface area contributed by atoms with Crippen LogP contribution in [0.15, 0.2) is 84.0 Å². The number of carbonyl (C=O) groups excluding carboxylic acids is 1. The molecule has 0 aliphatic heterocycles. The minimum absolute atomic E-state index is 0.131. The minimum Gasteiger partial charge on any atom is -0.484 e. The van der Waals surface area contributed by atoms with E-state index < -0.39 is 0 Å². The van der Waals surface area contributed by atoms with Crippen LogP contribution in [0.25, 0.3) is 10.9 Å². The number of hydrogen-bond acceptors (Lipinski definition) is 3. The first kappa shape index (κ1) is 20.7. The van der Waals surface area contributed by atoms with Gasteiger partial charge in [0.2, 0.25) is 0 Å². The Hall–Kier alpha value is -3.57. The molecular formula is C25H22ClN3O2. The van der Waals surface area contributed by atoms with Crippen molar-refractivity contribution in [2.75, 3.05) is 6.61 Å². The van der Waals surface area contributed by atoms with Crippen molar-refractivity contribution in [3.8, 4) is 5.75 Å². The summed E-state index contributed by atoms with van der Waals surface area (Å²) in [5, 5.41) is 5.86. The maximum absolute atomic E-state index is 12.1. The number of nitrogens with zero attached hydrogens (tertiary/aromatic N) is 2. The molecule has 0 saturated carbocycles. The Balaban J connectivity index is 1.47. The Morgan fingerprint density at radius 1 is 1.03 bits per heavy atom. The molecule has 3 aromatic carbocycles. The number of amides is 1. The summed E-state index contributed by atoms with van der Waals surface area (Å²) in [5.41, 5.74) is 6.95. The largest absolute Gasteiger partial charge is 0.484 e. The highest BCUT2D eigenvalue weighted by Gasteiger charge is 2.12. The van der Waals surface area contributed by atoms with E-state index in [4.69, 9.17) is 16.3 Å². The molecule has 0 aliphatic rings. The molecule has 1 N–H and O–H groups in total. The summed E-state index contributed by atoms with van der Waals surface area (Å²) in [6.45, 7) is 2.70. The van der Waals surface area contributed by atoms with Gasteiger partial charge in [-0.15, -0.1) is 0 Å². The molecule has 0 saturated heterocycles. The number of hydrazone groups is 1. The lowest BCUT2D eigenvalue weighted by molar-refractivity contribution is -0.123. The molecule has 1 amide bonds. The van der Waals surface area contributed by atoms with Crippen molar-refractivity contribution in [2.24, 2.45) is 5.10 Å². The van der Waals surface area contributed by atoms with Crippen molar-refractivity contribution < 1.29 is 9.53 Å². The molecule has 5 nitrogen and oxygen atoms in total. The Bertz CT molecular complexity index is 1210. The summed E-state index contributed by atoms with van der Waals surface area (Å²) >= 11 is 5.85. The number of rotatable bonds is 7. The zero-order valence-electron chi connectivity index (χ0n) is 17.1. The van der Waals surface area contributed by atoms with Gasteiger partial charge >= 0.3 is 0 Å². The number of benzene rings is 3. The molecule has 1 aromatic heterocycles. The lowest BCUT2D eigenvalue weighted by atomic mass is 10.1. The van der Waals surface area contributed by atoms with E-state index in [2.05, 4.69) is 46.3 Å². The highest BCUT2D eigenvalue weighted by atomic mass is 35.5. The quantitative estimate of drug-likeness (QED) is 0.324. The minimum atomic E-state index is -0.336. The molecule has 0 bridgehead atoms. The van der Waals surface area contributed by atoms with Crippen molar-refractivity contribution >= 4 is 34.6 Å². The molecule has 31 heavy (non-hydrogen) atoms. The monoisotopic (exact) mass is 431 g/mol. The molecule has 0 aliphatic carbocycles. The third kappa shape index (κ3) is 4.95. The van der Waals surface area contributed by atoms with Gasteiger partial charge in [-0.25, -0.2) is 5.43 Å². The SMILES string of the molecule is Cc1c(C=NNC(=O)COc2ccc(Cl)cc2)c2ccccc2n1Cc1ccccc1. The molecule has 4 rings (SSSR count). The van der Waals surface area contributed by atoms with Crippen LogP contribution in [0.5, 0.6) is 5.75 Å². The first-order valence-corrected chi connectivity index (χ1v) is 10.3. The molecule has 0 radical (unpaired) electrons. The summed E-state index contributed by atoms with van der Waals surface area (Å²) in [6.07, 6.45) is 1.69. The number of ether oxygens (including phenoxy) is 1. The van der Waals surface area contributed by atoms with Crippen LogP contribution >= 0.6 is 11.6 Å². The predicted molar refractivity (Wildman–Crippen MR) is 125 cm³/mol. The second kappa shape index (κ2) is 9.49. The summed E-state index contributed by atoms with van der Waals surface area (Å²) in [7, 11) is 0. The van der Waals surface area contributed by atoms with Crippen LogP contribution in [0.1, 0.15) is 16.8 Å². The van der Waals surface area contributed by atoms with Crippen LogP contribution in [0.2, 0.25) is 5.02 Å². The molecule has 0 spiro atoms. The molecule has 0 unspecified atom stereocenters. The van der Waals surface area contributed by atoms with E-state index in [1.165, 1.54) is 5.56 Å². The van der Waals surface area contributed by atoms with Gasteiger partial charge in [-0.3, -0.25) is 4.79 Å². The first-order chi connectivity index (χ1) is 15.1. The zero-order valence-corrected chi connectivity index (χ0v) is 17.8. The van der Waals surface area contributed by atoms with Crippen LogP contribution in [-0.2, 0) is 11.3 Å². The van der Waals surface area contributed by atoms with E-state index in [0.717, 1.165) is 28.7 Å². The van der Waals surface area contributed by atoms with Crippen LogP contribution in [-0.4, -0.2) is 23.3 Å². The van der Waals surface area contributed by atoms with Gasteiger partial charge in [-0.1, -0.05) is 60.1 Å². The fourth-order valence-corrected chi connectivity index (χ4v) is 3.60. The maximum atomic E-state index is 12.1. The van der Waals surface area contributed by atoms with Crippen LogP contribution < -0.4 is 10.2 Å². The van der Waals surface area contributed by atoms with E-state index >= 15 is 0 Å². The van der Waals surface area contributed by atoms with Crippen molar-refractivity contribution in [3.05, 3.63) is 101 Å². The molecule has 4 aromatic rings. The summed E-state index contributed by atoms with van der Waals surface area (Å²) < 4.78 is 7.70. The average molecular weight is 432 g/mol. The highest BCUT2D eigenvalue weighted by molar-refractivity contribution is 6.30. The number of halogens is 1. The Morgan fingerprint density at radius 3 is 2.52 bits per heavy atom. The van der Waals surface area contributed by atoms with Gasteiger partial charge in [0.1, 0.15) is 5.75 Å². The Morgan fingerprint density at radius 2 is 1.74 bits per heavy atom. The zero-order chi connectivity index (χ0) is 21.6. The van der Waals surface area contributed by atoms with E-state index in [9.17, 15) is 4.79 Å². The van der Waals surface area contributed by atoms with Gasteiger partial charge in [-0.05, 0) is 42.8 Å². The number of nitrogens with one attached hydrogen (secondary N) is 1. The number of hydrogen-bond donors (Lipinski definition) is 1. The number of para-hydroxylation sites is 1. The lowest BCUT2D eigenvalue weighted by Crippen LogP contribution is -2.24. The normalized spacial score (nSPS) is 11.2. The molecule has 0 fully saturated rings. The van der Waals surface area contributed by atoms with E-state index in [0.29, 0.717) is 10.8 Å². The Labute approximate surface area is 185 Å². The third-order valence-electron chi connectivity index (χ3n) is 5.03. The number of carbonyl (C=O) groups is 1. The summed E-state index contributed by atoms with van der Waals surface area (Å²) in [6, 6.07) is 25.4. The van der Waals surface area contributed by atoms with Crippen LogP contribution in [0.3, 0.4) is 0 Å². The number of fused-ring (bicyclic) bond motifs is 1. The molecule has 6 heteroatoms. The van der Waals surface area contributed by atoms with Crippen LogP contribution in [0, 0.1) is 6.92 Å². The van der Waals surface area contributed by atoms with Crippen LogP contribution in [0.4, 0.5) is 0 Å². The van der Waals surface area contributed by atoms with Crippen molar-refractivity contribution in [2.45, 2.75) is 13.5 Å². The highest BCUT2D eigenvalue weighted by Crippen LogP contribution is 2.25. The molecule has 156 valence electrons. The van der Waals surface area contributed by atoms with Gasteiger partial charge in [0.05, 0.1) is 6.21 Å². The second-order valence-corrected chi connectivity index (χ2v) is 7.56. The van der Waals surface area contributed by atoms with Gasteiger partial charge in [0.25, 0.3) is 5.91 Å². The first-order valence-electron chi connectivity index (χ1n) is 9.94. The summed E-state index contributed by atoms with van der Waals surface area (Å²) in [4.78, 5) is 12.1. The fourth-order valence-electron chi connectivity index (χ4n) is 3.47.